The lowest BCUT2D eigenvalue weighted by Crippen LogP contribution is -2.31. The van der Waals surface area contributed by atoms with Gasteiger partial charge in [-0.05, 0) is 42.5 Å². The number of urea groups is 1. The van der Waals surface area contributed by atoms with Crippen molar-refractivity contribution in [2.75, 3.05) is 17.3 Å². The molecule has 196 valence electrons. The average Bonchev–Trinajstić information content (AvgIpc) is 3.36. The quantitative estimate of drug-likeness (QED) is 0.227. The summed E-state index contributed by atoms with van der Waals surface area (Å²) in [5.41, 5.74) is 2.12. The Hall–Kier alpha value is -4.70. The Morgan fingerprint density at radius 3 is 2.56 bits per heavy atom. The number of aromatic amines is 1. The van der Waals surface area contributed by atoms with Crippen molar-refractivity contribution < 1.29 is 22.8 Å². The van der Waals surface area contributed by atoms with Gasteiger partial charge < -0.3 is 10.3 Å². The fourth-order valence-electron chi connectivity index (χ4n) is 4.04. The number of halogens is 4. The van der Waals surface area contributed by atoms with Crippen molar-refractivity contribution in [2.45, 2.75) is 6.18 Å². The molecule has 0 aliphatic heterocycles. The van der Waals surface area contributed by atoms with E-state index in [1.54, 1.807) is 43.0 Å². The van der Waals surface area contributed by atoms with Crippen molar-refractivity contribution >= 4 is 45.8 Å². The minimum Gasteiger partial charge on any atom is -0.345 e. The van der Waals surface area contributed by atoms with Crippen LogP contribution in [0.25, 0.3) is 22.2 Å². The molecule has 0 fully saturated rings. The van der Waals surface area contributed by atoms with Crippen molar-refractivity contribution in [3.63, 3.8) is 0 Å². The number of benzene rings is 2. The summed E-state index contributed by atoms with van der Waals surface area (Å²) in [6.45, 7) is 0. The van der Waals surface area contributed by atoms with Crippen LogP contribution in [0.15, 0.2) is 85.5 Å². The van der Waals surface area contributed by atoms with Crippen molar-refractivity contribution in [1.82, 2.24) is 15.0 Å². The zero-order chi connectivity index (χ0) is 27.7. The Morgan fingerprint density at radius 2 is 1.82 bits per heavy atom. The highest BCUT2D eigenvalue weighted by molar-refractivity contribution is 6.31. The maximum Gasteiger partial charge on any atom is 0.417 e. The van der Waals surface area contributed by atoms with E-state index in [2.05, 4.69) is 20.3 Å². The van der Waals surface area contributed by atoms with Gasteiger partial charge in [0.15, 0.2) is 5.78 Å². The van der Waals surface area contributed by atoms with E-state index in [1.807, 2.05) is 18.2 Å². The Labute approximate surface area is 225 Å². The lowest BCUT2D eigenvalue weighted by molar-refractivity contribution is -0.137. The molecule has 0 bridgehead atoms. The van der Waals surface area contributed by atoms with Crippen LogP contribution in [0.5, 0.6) is 0 Å². The van der Waals surface area contributed by atoms with E-state index >= 15 is 0 Å². The number of rotatable bonds is 5. The first-order chi connectivity index (χ1) is 18.6. The van der Waals surface area contributed by atoms with Crippen LogP contribution < -0.4 is 10.2 Å². The summed E-state index contributed by atoms with van der Waals surface area (Å²) in [6, 6.07) is 14.3. The van der Waals surface area contributed by atoms with Crippen LogP contribution in [0, 0.1) is 0 Å². The third kappa shape index (κ3) is 5.32. The second-order valence-electron chi connectivity index (χ2n) is 8.63. The van der Waals surface area contributed by atoms with Gasteiger partial charge in [0.1, 0.15) is 5.65 Å². The number of nitrogens with one attached hydrogen (secondary N) is 2. The molecular weight excluding hydrogens is 531 g/mol. The number of aromatic nitrogens is 3. The largest absolute Gasteiger partial charge is 0.417 e. The number of hydrogen-bond donors (Lipinski definition) is 2. The number of carbonyl (C=O) groups is 2. The maximum atomic E-state index is 13.5. The van der Waals surface area contributed by atoms with Crippen molar-refractivity contribution in [2.24, 2.45) is 0 Å². The van der Waals surface area contributed by atoms with Crippen molar-refractivity contribution in [3.05, 3.63) is 107 Å². The number of pyridine rings is 2. The average molecular weight is 550 g/mol. The van der Waals surface area contributed by atoms with Gasteiger partial charge in [0.25, 0.3) is 0 Å². The van der Waals surface area contributed by atoms with Gasteiger partial charge in [0.2, 0.25) is 0 Å². The summed E-state index contributed by atoms with van der Waals surface area (Å²) in [5, 5.41) is 2.58. The van der Waals surface area contributed by atoms with Gasteiger partial charge in [-0.15, -0.1) is 0 Å². The van der Waals surface area contributed by atoms with Crippen LogP contribution >= 0.6 is 11.6 Å². The van der Waals surface area contributed by atoms with Gasteiger partial charge >= 0.3 is 12.2 Å². The molecule has 5 aromatic rings. The molecule has 39 heavy (non-hydrogen) atoms. The van der Waals surface area contributed by atoms with Gasteiger partial charge in [0, 0.05) is 70.8 Å². The highest BCUT2D eigenvalue weighted by Gasteiger charge is 2.33. The van der Waals surface area contributed by atoms with E-state index in [0.29, 0.717) is 27.8 Å². The number of anilines is 2. The number of nitrogens with zero attached hydrogens (tertiary/aromatic N) is 3. The second-order valence-corrected chi connectivity index (χ2v) is 9.03. The van der Waals surface area contributed by atoms with Gasteiger partial charge in [0.05, 0.1) is 10.6 Å². The fraction of sp³-hybridized carbons (Fsp3) is 0.0714. The number of carbonyl (C=O) groups excluding carboxylic acids is 2. The fourth-order valence-corrected chi connectivity index (χ4v) is 4.26. The molecule has 0 spiro atoms. The number of H-pyrrole nitrogens is 1. The molecule has 11 heteroatoms. The molecule has 0 aliphatic rings. The van der Waals surface area contributed by atoms with Gasteiger partial charge in [-0.2, -0.15) is 13.2 Å². The summed E-state index contributed by atoms with van der Waals surface area (Å²) < 4.78 is 39.6. The van der Waals surface area contributed by atoms with E-state index in [-0.39, 0.29) is 11.5 Å². The lowest BCUT2D eigenvalue weighted by atomic mass is 10.0. The number of amides is 2. The first kappa shape index (κ1) is 25.9. The van der Waals surface area contributed by atoms with E-state index in [9.17, 15) is 22.8 Å². The monoisotopic (exact) mass is 549 g/mol. The third-order valence-electron chi connectivity index (χ3n) is 6.09. The summed E-state index contributed by atoms with van der Waals surface area (Å²) in [4.78, 5) is 39.0. The molecule has 2 amide bonds. The highest BCUT2D eigenvalue weighted by Crippen LogP contribution is 2.36. The lowest BCUT2D eigenvalue weighted by Gasteiger charge is -2.19. The highest BCUT2D eigenvalue weighted by atomic mass is 35.5. The Morgan fingerprint density at radius 1 is 1.00 bits per heavy atom. The molecule has 0 saturated heterocycles. The molecule has 3 heterocycles. The smallest absolute Gasteiger partial charge is 0.345 e. The molecule has 2 aromatic carbocycles. The molecule has 0 aliphatic carbocycles. The summed E-state index contributed by atoms with van der Waals surface area (Å²) >= 11 is 5.66. The Kier molecular flexibility index (Phi) is 6.80. The van der Waals surface area contributed by atoms with Crippen LogP contribution in [0.3, 0.4) is 0 Å². The number of hydrogen-bond acceptors (Lipinski definition) is 4. The Balaban J connectivity index is 1.39. The van der Waals surface area contributed by atoms with E-state index in [0.717, 1.165) is 23.3 Å². The normalized spacial score (nSPS) is 11.4. The predicted molar refractivity (Wildman–Crippen MR) is 143 cm³/mol. The van der Waals surface area contributed by atoms with Gasteiger partial charge in [-0.1, -0.05) is 29.8 Å². The summed E-state index contributed by atoms with van der Waals surface area (Å²) in [6.07, 6.45) is 1.97. The predicted octanol–water partition coefficient (Wildman–Crippen LogP) is 7.20. The molecule has 0 radical (unpaired) electrons. The van der Waals surface area contributed by atoms with Gasteiger partial charge in [-0.25, -0.2) is 9.78 Å². The molecule has 0 saturated carbocycles. The number of ketones is 1. The third-order valence-corrected chi connectivity index (χ3v) is 6.42. The zero-order valence-electron chi connectivity index (χ0n) is 20.3. The standard InChI is InChI=1S/C28H19ClF3N5O2/c1-37(27(39)36-19-7-8-24(29)23(12-19)28(30,31)32)20-6-2-4-16(10-20)25(38)22-15-35-26-21(22)11-18(14-34-26)17-5-3-9-33-13-17/h2-15H,1H3,(H,34,35)(H,36,39). The van der Waals surface area contributed by atoms with Crippen molar-refractivity contribution in [3.8, 4) is 11.1 Å². The molecule has 2 N–H and O–H groups in total. The second kappa shape index (κ2) is 10.2. The number of fused-ring (bicyclic) bond motifs is 1. The van der Waals surface area contributed by atoms with E-state index < -0.39 is 22.8 Å². The van der Waals surface area contributed by atoms with Crippen LogP contribution in [0.2, 0.25) is 5.02 Å². The van der Waals surface area contributed by atoms with Crippen LogP contribution in [-0.4, -0.2) is 33.8 Å². The van der Waals surface area contributed by atoms with E-state index in [1.165, 1.54) is 24.1 Å². The SMILES string of the molecule is CN(C(=O)Nc1ccc(Cl)c(C(F)(F)F)c1)c1cccc(C(=O)c2c[nH]c3ncc(-c4cccnc4)cc23)c1. The minimum atomic E-state index is -4.67. The van der Waals surface area contributed by atoms with Gasteiger partial charge in [-0.3, -0.25) is 14.7 Å². The topological polar surface area (TPSA) is 91.0 Å². The van der Waals surface area contributed by atoms with Crippen LogP contribution in [-0.2, 0) is 6.18 Å². The molecule has 7 nitrogen and oxygen atoms in total. The van der Waals surface area contributed by atoms with E-state index in [4.69, 9.17) is 11.6 Å². The summed E-state index contributed by atoms with van der Waals surface area (Å²) in [5.74, 6) is -0.297. The Bertz CT molecular complexity index is 1700. The number of alkyl halides is 3. The van der Waals surface area contributed by atoms with Crippen LogP contribution in [0.4, 0.5) is 29.3 Å². The molecule has 0 atom stereocenters. The molecule has 0 unspecified atom stereocenters. The molecular formula is C28H19ClF3N5O2. The maximum absolute atomic E-state index is 13.5. The van der Waals surface area contributed by atoms with Crippen molar-refractivity contribution in [1.29, 1.82) is 0 Å². The zero-order valence-corrected chi connectivity index (χ0v) is 21.0. The molecule has 3 aromatic heterocycles. The van der Waals surface area contributed by atoms with Crippen LogP contribution in [0.1, 0.15) is 21.5 Å². The minimum absolute atomic E-state index is 0.0773. The summed E-state index contributed by atoms with van der Waals surface area (Å²) in [7, 11) is 1.44. The first-order valence-corrected chi connectivity index (χ1v) is 11.9. The first-order valence-electron chi connectivity index (χ1n) is 11.6. The molecule has 5 rings (SSSR count).